The van der Waals surface area contributed by atoms with Crippen molar-refractivity contribution in [1.82, 2.24) is 0 Å². The minimum Gasteiger partial charge on any atom is -0.213 e. The number of azo groups is 3. The fourth-order valence-corrected chi connectivity index (χ4v) is 9.75. The predicted molar refractivity (Wildman–Crippen MR) is 228 cm³/mol. The molecule has 0 aliphatic carbocycles. The van der Waals surface area contributed by atoms with Gasteiger partial charge in [-0.3, -0.25) is 0 Å². The second-order valence-corrected chi connectivity index (χ2v) is 15.0. The highest BCUT2D eigenvalue weighted by Crippen LogP contribution is 2.66. The average Bonchev–Trinajstić information content (AvgIpc) is 4.06. The molecular weight excluding hydrogens is 683 g/mol. The molecule has 0 bridgehead atoms. The molecule has 272 valence electrons. The summed E-state index contributed by atoms with van der Waals surface area (Å²) in [4.78, 5) is 0. The van der Waals surface area contributed by atoms with Crippen LogP contribution in [0, 0.1) is 0 Å². The molecule has 0 fully saturated rings. The summed E-state index contributed by atoms with van der Waals surface area (Å²) in [5, 5.41) is 32.5. The van der Waals surface area contributed by atoms with Gasteiger partial charge >= 0.3 is 0 Å². The van der Waals surface area contributed by atoms with Crippen LogP contribution in [0.5, 0.6) is 0 Å². The van der Waals surface area contributed by atoms with Crippen LogP contribution >= 0.6 is 0 Å². The molecule has 3 aliphatic rings. The standard InChI is InChI=1S/C49H42BN6/c1-2-3-34-50(47(41-28-16-7-17-29-41)35-44(51-54-47)38-22-10-4-11-23-38,48(42-30-18-8-19-31-42)36-45(52-55-48)39-24-12-5-13-25-39)49(43-32-20-9-21-33-43)37-46(53-56-49)40-26-14-6-15-27-40/h4-33,35-37H,2-3,34H2,1H3/q-1. The van der Waals surface area contributed by atoms with Crippen LogP contribution in [0.25, 0.3) is 17.1 Å². The van der Waals surface area contributed by atoms with E-state index in [-0.39, 0.29) is 0 Å². The van der Waals surface area contributed by atoms with Crippen molar-refractivity contribution in [3.63, 3.8) is 0 Å². The molecule has 3 heterocycles. The van der Waals surface area contributed by atoms with E-state index >= 15 is 0 Å². The Morgan fingerprint density at radius 3 is 0.911 bits per heavy atom. The highest BCUT2D eigenvalue weighted by atomic mass is 15.2. The largest absolute Gasteiger partial charge is 0.213 e. The van der Waals surface area contributed by atoms with Crippen LogP contribution in [-0.2, 0) is 16.3 Å². The Morgan fingerprint density at radius 1 is 0.375 bits per heavy atom. The minimum absolute atomic E-state index is 0.696. The van der Waals surface area contributed by atoms with Gasteiger partial charge in [-0.15, -0.1) is 0 Å². The summed E-state index contributed by atoms with van der Waals surface area (Å²) in [7, 11) is 0. The molecule has 6 aromatic rings. The highest BCUT2D eigenvalue weighted by Gasteiger charge is 2.70. The van der Waals surface area contributed by atoms with Gasteiger partial charge in [0, 0.05) is 33.0 Å². The zero-order chi connectivity index (χ0) is 37.9. The first-order valence-electron chi connectivity index (χ1n) is 19.6. The second kappa shape index (κ2) is 14.6. The molecule has 3 unspecified atom stereocenters. The number of nitrogens with zero attached hydrogens (tertiary/aromatic N) is 6. The van der Waals surface area contributed by atoms with Crippen LogP contribution in [-0.4, -0.2) is 6.15 Å². The van der Waals surface area contributed by atoms with Gasteiger partial charge in [0.05, 0.1) is 17.1 Å². The third-order valence-electron chi connectivity index (χ3n) is 12.2. The molecule has 0 N–H and O–H groups in total. The van der Waals surface area contributed by atoms with Gasteiger partial charge in [-0.05, 0) is 0 Å². The van der Waals surface area contributed by atoms with E-state index in [1.165, 1.54) is 0 Å². The monoisotopic (exact) mass is 725 g/mol. The Hall–Kier alpha value is -6.60. The van der Waals surface area contributed by atoms with Crippen LogP contribution in [0.15, 0.2) is 231 Å². The molecular formula is C49H42BN6-. The predicted octanol–water partition coefficient (Wildman–Crippen LogP) is 13.1. The Bertz CT molecular complexity index is 2230. The van der Waals surface area contributed by atoms with Crippen LogP contribution < -0.4 is 0 Å². The number of benzene rings is 6. The van der Waals surface area contributed by atoms with E-state index in [4.69, 9.17) is 30.7 Å². The molecule has 3 atom stereocenters. The van der Waals surface area contributed by atoms with Gasteiger partial charge in [-0.2, -0.15) is 21.7 Å². The SMILES string of the molecule is CCCC[B-](C1(c2ccccc2)C=C(c2ccccc2)N=N1)(C1(c2ccccc2)C=C(c2ccccc2)N=N1)C1(c2ccccc2)C=C(c2ccccc2)N=N1. The maximum Gasteiger partial charge on any atom is 0.127 e. The lowest BCUT2D eigenvalue weighted by Gasteiger charge is -2.65. The third-order valence-corrected chi connectivity index (χ3v) is 12.2. The Balaban J connectivity index is 1.50. The molecule has 56 heavy (non-hydrogen) atoms. The molecule has 6 nitrogen and oxygen atoms in total. The maximum atomic E-state index is 5.64. The fraction of sp³-hybridized carbons (Fsp3) is 0.143. The molecule has 0 saturated heterocycles. The molecule has 0 amide bonds. The smallest absolute Gasteiger partial charge is 0.127 e. The quantitative estimate of drug-likeness (QED) is 0.113. The van der Waals surface area contributed by atoms with Crippen LogP contribution in [0.4, 0.5) is 0 Å². The van der Waals surface area contributed by atoms with Crippen molar-refractivity contribution in [2.75, 3.05) is 0 Å². The number of hydrogen-bond donors (Lipinski definition) is 0. The Labute approximate surface area is 328 Å². The van der Waals surface area contributed by atoms with E-state index in [9.17, 15) is 0 Å². The van der Waals surface area contributed by atoms with E-state index in [0.717, 1.165) is 63.3 Å². The van der Waals surface area contributed by atoms with Crippen LogP contribution in [0.3, 0.4) is 0 Å². The number of unbranched alkanes of at least 4 members (excludes halogenated alkanes) is 1. The zero-order valence-corrected chi connectivity index (χ0v) is 31.4. The molecule has 0 saturated carbocycles. The Morgan fingerprint density at radius 2 is 0.643 bits per heavy atom. The van der Waals surface area contributed by atoms with Crippen molar-refractivity contribution in [3.05, 3.63) is 234 Å². The maximum absolute atomic E-state index is 5.64. The average molecular weight is 726 g/mol. The number of rotatable bonds is 12. The highest BCUT2D eigenvalue weighted by molar-refractivity contribution is 6.89. The first kappa shape index (κ1) is 35.1. The lowest BCUT2D eigenvalue weighted by Crippen LogP contribution is -2.75. The third kappa shape index (κ3) is 5.49. The topological polar surface area (TPSA) is 74.2 Å². The van der Waals surface area contributed by atoms with Gasteiger partial charge in [-0.25, -0.2) is 15.3 Å². The van der Waals surface area contributed by atoms with Crippen LogP contribution in [0.2, 0.25) is 6.32 Å². The van der Waals surface area contributed by atoms with Gasteiger partial charge in [0.15, 0.2) is 0 Å². The van der Waals surface area contributed by atoms with E-state index < -0.39 is 22.5 Å². The van der Waals surface area contributed by atoms with E-state index in [0.29, 0.717) is 6.32 Å². The zero-order valence-electron chi connectivity index (χ0n) is 31.4. The summed E-state index contributed by atoms with van der Waals surface area (Å²) in [6.45, 7) is 2.25. The normalized spacial score (nSPS) is 23.4. The summed E-state index contributed by atoms with van der Waals surface area (Å²) in [5.74, 6) is 0. The van der Waals surface area contributed by atoms with E-state index in [2.05, 4.69) is 189 Å². The summed E-state index contributed by atoms with van der Waals surface area (Å²) >= 11 is 0. The summed E-state index contributed by atoms with van der Waals surface area (Å²) in [5.41, 5.74) is 5.23. The van der Waals surface area contributed by atoms with Gasteiger partial charge in [0.2, 0.25) is 0 Å². The molecule has 7 heteroatoms. The van der Waals surface area contributed by atoms with Gasteiger partial charge < -0.3 is 0 Å². The minimum atomic E-state index is -2.28. The van der Waals surface area contributed by atoms with E-state index in [1.54, 1.807) is 0 Å². The molecule has 3 aliphatic heterocycles. The van der Waals surface area contributed by atoms with Gasteiger partial charge in [0.1, 0.15) is 6.15 Å². The second-order valence-electron chi connectivity index (χ2n) is 15.0. The molecule has 0 aromatic heterocycles. The lowest BCUT2D eigenvalue weighted by molar-refractivity contribution is 0.544. The summed E-state index contributed by atoms with van der Waals surface area (Å²) < 4.78 is 0. The first-order valence-corrected chi connectivity index (χ1v) is 19.6. The first-order chi connectivity index (χ1) is 27.6. The van der Waals surface area contributed by atoms with Gasteiger partial charge in [0.25, 0.3) is 0 Å². The summed E-state index contributed by atoms with van der Waals surface area (Å²) in [6.07, 6.45) is 7.18. The van der Waals surface area contributed by atoms with Gasteiger partial charge in [-0.1, -0.05) is 237 Å². The van der Waals surface area contributed by atoms with Crippen molar-refractivity contribution in [3.8, 4) is 0 Å². The van der Waals surface area contributed by atoms with Crippen molar-refractivity contribution in [2.45, 2.75) is 42.4 Å². The summed E-state index contributed by atoms with van der Waals surface area (Å²) in [6, 6.07) is 63.1. The molecule has 6 aromatic carbocycles. The van der Waals surface area contributed by atoms with Crippen LogP contribution in [0.1, 0.15) is 53.1 Å². The molecule has 0 radical (unpaired) electrons. The van der Waals surface area contributed by atoms with Crippen molar-refractivity contribution >= 4 is 23.2 Å². The number of hydrogen-bond acceptors (Lipinski definition) is 6. The molecule has 0 spiro atoms. The van der Waals surface area contributed by atoms with Crippen molar-refractivity contribution < 1.29 is 0 Å². The Kier molecular flexibility index (Phi) is 9.14. The fourth-order valence-electron chi connectivity index (χ4n) is 9.75. The lowest BCUT2D eigenvalue weighted by atomic mass is 8.99. The van der Waals surface area contributed by atoms with Crippen molar-refractivity contribution in [2.24, 2.45) is 30.7 Å². The van der Waals surface area contributed by atoms with E-state index in [1.807, 2.05) is 18.2 Å². The van der Waals surface area contributed by atoms with Crippen molar-refractivity contribution in [1.29, 1.82) is 0 Å². The molecule has 9 rings (SSSR count).